The minimum atomic E-state index is -4.25. The highest BCUT2D eigenvalue weighted by Gasteiger charge is 2.27. The molecule has 0 aromatic heterocycles. The maximum absolute atomic E-state index is 11.8. The lowest BCUT2D eigenvalue weighted by Gasteiger charge is -2.16. The van der Waals surface area contributed by atoms with Crippen molar-refractivity contribution < 1.29 is 17.9 Å². The highest BCUT2D eigenvalue weighted by atomic mass is 127. The summed E-state index contributed by atoms with van der Waals surface area (Å²) in [7, 11) is 0. The molecule has 0 spiro atoms. The third-order valence-corrected chi connectivity index (χ3v) is 3.02. The van der Waals surface area contributed by atoms with Crippen molar-refractivity contribution in [3.63, 3.8) is 0 Å². The molecule has 4 nitrogen and oxygen atoms in total. The van der Waals surface area contributed by atoms with E-state index >= 15 is 0 Å². The summed E-state index contributed by atoms with van der Waals surface area (Å²) in [5.74, 6) is 0.746. The SMILES string of the molecule is CCNC(=NCCCOCC(F)(F)F)NC1CCCC1.I. The van der Waals surface area contributed by atoms with E-state index in [1.165, 1.54) is 12.8 Å². The Morgan fingerprint density at radius 1 is 1.29 bits per heavy atom. The summed E-state index contributed by atoms with van der Waals surface area (Å²) in [6.07, 6.45) is 1.02. The lowest BCUT2D eigenvalue weighted by molar-refractivity contribution is -0.173. The molecule has 0 aromatic rings. The van der Waals surface area contributed by atoms with Crippen molar-refractivity contribution in [3.8, 4) is 0 Å². The van der Waals surface area contributed by atoms with Crippen LogP contribution >= 0.6 is 24.0 Å². The van der Waals surface area contributed by atoms with Crippen LogP contribution in [-0.4, -0.2) is 44.5 Å². The predicted molar refractivity (Wildman–Crippen MR) is 88.3 cm³/mol. The van der Waals surface area contributed by atoms with Gasteiger partial charge in [0, 0.05) is 25.7 Å². The summed E-state index contributed by atoms with van der Waals surface area (Å²) in [5, 5.41) is 6.49. The molecular weight excluding hydrogens is 398 g/mol. The van der Waals surface area contributed by atoms with E-state index in [0.717, 1.165) is 25.3 Å². The normalized spacial score (nSPS) is 16.7. The Labute approximate surface area is 141 Å². The van der Waals surface area contributed by atoms with E-state index in [4.69, 9.17) is 0 Å². The van der Waals surface area contributed by atoms with Crippen LogP contribution in [0.2, 0.25) is 0 Å². The van der Waals surface area contributed by atoms with E-state index in [0.29, 0.717) is 19.0 Å². The van der Waals surface area contributed by atoms with Crippen molar-refractivity contribution in [2.75, 3.05) is 26.3 Å². The zero-order valence-corrected chi connectivity index (χ0v) is 14.7. The summed E-state index contributed by atoms with van der Waals surface area (Å²) in [5.41, 5.74) is 0. The molecule has 0 aromatic carbocycles. The number of alkyl halides is 3. The van der Waals surface area contributed by atoms with Crippen LogP contribution in [0, 0.1) is 0 Å². The fourth-order valence-electron chi connectivity index (χ4n) is 2.13. The van der Waals surface area contributed by atoms with Crippen LogP contribution in [0.4, 0.5) is 13.2 Å². The molecule has 0 amide bonds. The van der Waals surface area contributed by atoms with Crippen molar-refractivity contribution in [3.05, 3.63) is 0 Å². The van der Waals surface area contributed by atoms with E-state index in [9.17, 15) is 13.2 Å². The second-order valence-corrected chi connectivity index (χ2v) is 4.91. The van der Waals surface area contributed by atoms with Crippen LogP contribution in [0.5, 0.6) is 0 Å². The van der Waals surface area contributed by atoms with E-state index in [1.807, 2.05) is 6.92 Å². The molecule has 0 bridgehead atoms. The number of rotatable bonds is 7. The minimum absolute atomic E-state index is 0. The number of aliphatic imine (C=N–C) groups is 1. The average Bonchev–Trinajstić information content (AvgIpc) is 2.85. The molecule has 0 aliphatic heterocycles. The van der Waals surface area contributed by atoms with Gasteiger partial charge in [-0.25, -0.2) is 0 Å². The molecule has 0 saturated heterocycles. The lowest BCUT2D eigenvalue weighted by Crippen LogP contribution is -2.42. The second kappa shape index (κ2) is 11.3. The minimum Gasteiger partial charge on any atom is -0.372 e. The van der Waals surface area contributed by atoms with Crippen LogP contribution in [0.3, 0.4) is 0 Å². The van der Waals surface area contributed by atoms with Crippen molar-refractivity contribution >= 4 is 29.9 Å². The maximum Gasteiger partial charge on any atom is 0.411 e. The Morgan fingerprint density at radius 3 is 2.52 bits per heavy atom. The molecule has 126 valence electrons. The molecule has 1 aliphatic carbocycles. The van der Waals surface area contributed by atoms with Crippen molar-refractivity contribution in [2.45, 2.75) is 51.2 Å². The molecule has 8 heteroatoms. The summed E-state index contributed by atoms with van der Waals surface area (Å²) in [6, 6.07) is 0.467. The van der Waals surface area contributed by atoms with Gasteiger partial charge in [0.1, 0.15) is 6.61 Å². The zero-order valence-electron chi connectivity index (χ0n) is 12.3. The first-order valence-electron chi connectivity index (χ1n) is 7.20. The van der Waals surface area contributed by atoms with E-state index in [2.05, 4.69) is 20.4 Å². The van der Waals surface area contributed by atoms with Crippen LogP contribution in [-0.2, 0) is 4.74 Å². The highest BCUT2D eigenvalue weighted by Crippen LogP contribution is 2.17. The first kappa shape index (κ1) is 20.8. The van der Waals surface area contributed by atoms with Gasteiger partial charge < -0.3 is 15.4 Å². The number of nitrogens with one attached hydrogen (secondary N) is 2. The van der Waals surface area contributed by atoms with E-state index in [1.54, 1.807) is 0 Å². The fraction of sp³-hybridized carbons (Fsp3) is 0.923. The number of halogens is 4. The number of guanidine groups is 1. The predicted octanol–water partition coefficient (Wildman–Crippen LogP) is 3.07. The Morgan fingerprint density at radius 2 is 1.95 bits per heavy atom. The highest BCUT2D eigenvalue weighted by molar-refractivity contribution is 14.0. The summed E-state index contributed by atoms with van der Waals surface area (Å²) < 4.78 is 40.1. The summed E-state index contributed by atoms with van der Waals surface area (Å²) in [4.78, 5) is 4.34. The number of hydrogen-bond donors (Lipinski definition) is 2. The molecule has 2 N–H and O–H groups in total. The van der Waals surface area contributed by atoms with Crippen molar-refractivity contribution in [1.82, 2.24) is 10.6 Å². The van der Waals surface area contributed by atoms with Gasteiger partial charge in [0.15, 0.2) is 5.96 Å². The van der Waals surface area contributed by atoms with Gasteiger partial charge in [-0.3, -0.25) is 4.99 Å². The van der Waals surface area contributed by atoms with Gasteiger partial charge in [-0.15, -0.1) is 24.0 Å². The Bertz CT molecular complexity index is 295. The second-order valence-electron chi connectivity index (χ2n) is 4.91. The smallest absolute Gasteiger partial charge is 0.372 e. The molecular formula is C13H25F3IN3O. The quantitative estimate of drug-likeness (QED) is 0.287. The molecule has 0 radical (unpaired) electrons. The summed E-state index contributed by atoms with van der Waals surface area (Å²) in [6.45, 7) is 2.10. The molecule has 1 saturated carbocycles. The largest absolute Gasteiger partial charge is 0.411 e. The Kier molecular flexibility index (Phi) is 11.2. The third kappa shape index (κ3) is 11.0. The van der Waals surface area contributed by atoms with Gasteiger partial charge in [-0.05, 0) is 26.2 Å². The first-order chi connectivity index (χ1) is 9.51. The molecule has 21 heavy (non-hydrogen) atoms. The van der Waals surface area contributed by atoms with Crippen LogP contribution in [0.1, 0.15) is 39.0 Å². The van der Waals surface area contributed by atoms with Crippen LogP contribution in [0.15, 0.2) is 4.99 Å². The van der Waals surface area contributed by atoms with Crippen molar-refractivity contribution in [2.24, 2.45) is 4.99 Å². The van der Waals surface area contributed by atoms with E-state index < -0.39 is 12.8 Å². The van der Waals surface area contributed by atoms with Crippen LogP contribution in [0.25, 0.3) is 0 Å². The first-order valence-corrected chi connectivity index (χ1v) is 7.20. The fourth-order valence-corrected chi connectivity index (χ4v) is 2.13. The standard InChI is InChI=1S/C13H24F3N3O.HI/c1-2-17-12(19-11-6-3-4-7-11)18-8-5-9-20-10-13(14,15)16;/h11H,2-10H2,1H3,(H2,17,18,19);1H. The van der Waals surface area contributed by atoms with Gasteiger partial charge in [0.05, 0.1) is 0 Å². The molecule has 1 rings (SSSR count). The molecule has 0 atom stereocenters. The number of hydrogen-bond acceptors (Lipinski definition) is 2. The molecule has 1 fully saturated rings. The van der Waals surface area contributed by atoms with Crippen LogP contribution < -0.4 is 10.6 Å². The maximum atomic E-state index is 11.8. The van der Waals surface area contributed by atoms with Gasteiger partial charge >= 0.3 is 6.18 Å². The average molecular weight is 423 g/mol. The molecule has 0 unspecified atom stereocenters. The number of ether oxygens (including phenoxy) is 1. The van der Waals surface area contributed by atoms with Crippen molar-refractivity contribution in [1.29, 1.82) is 0 Å². The molecule has 1 aliphatic rings. The van der Waals surface area contributed by atoms with E-state index in [-0.39, 0.29) is 30.6 Å². The molecule has 0 heterocycles. The Hall–Kier alpha value is -0.250. The van der Waals surface area contributed by atoms with Gasteiger partial charge in [-0.1, -0.05) is 12.8 Å². The summed E-state index contributed by atoms with van der Waals surface area (Å²) >= 11 is 0. The van der Waals surface area contributed by atoms with Gasteiger partial charge in [0.2, 0.25) is 0 Å². The topological polar surface area (TPSA) is 45.7 Å². The Balaban J connectivity index is 0.00000400. The van der Waals surface area contributed by atoms with Gasteiger partial charge in [-0.2, -0.15) is 13.2 Å². The zero-order chi connectivity index (χ0) is 14.8. The third-order valence-electron chi connectivity index (χ3n) is 3.02. The lowest BCUT2D eigenvalue weighted by atomic mass is 10.2. The van der Waals surface area contributed by atoms with Gasteiger partial charge in [0.25, 0.3) is 0 Å². The monoisotopic (exact) mass is 423 g/mol. The number of nitrogens with zero attached hydrogens (tertiary/aromatic N) is 1.